The number of hydrogen-bond acceptors (Lipinski definition) is 8. The van der Waals surface area contributed by atoms with Crippen molar-refractivity contribution in [2.75, 3.05) is 42.4 Å². The molecule has 7 nitrogen and oxygen atoms in total. The normalized spacial score (nSPS) is 19.9. The third-order valence-electron chi connectivity index (χ3n) is 6.90. The zero-order valence-corrected chi connectivity index (χ0v) is 20.8. The molecule has 0 amide bonds. The van der Waals surface area contributed by atoms with Crippen molar-refractivity contribution >= 4 is 50.9 Å². The molecule has 0 saturated carbocycles. The van der Waals surface area contributed by atoms with Gasteiger partial charge in [-0.05, 0) is 61.8 Å². The van der Waals surface area contributed by atoms with Gasteiger partial charge in [0.05, 0.1) is 16.3 Å². The van der Waals surface area contributed by atoms with Gasteiger partial charge in [-0.1, -0.05) is 30.3 Å². The largest absolute Gasteiger partial charge is 0.370 e. The third-order valence-corrected chi connectivity index (χ3v) is 7.80. The Morgan fingerprint density at radius 1 is 1.00 bits per heavy atom. The molecule has 178 valence electrons. The van der Waals surface area contributed by atoms with E-state index in [0.29, 0.717) is 12.0 Å². The predicted octanol–water partition coefficient (Wildman–Crippen LogP) is 5.51. The van der Waals surface area contributed by atoms with Gasteiger partial charge in [-0.25, -0.2) is 9.99 Å². The highest BCUT2D eigenvalue weighted by atomic mass is 32.1. The van der Waals surface area contributed by atoms with E-state index in [1.165, 1.54) is 17.7 Å². The smallest absolute Gasteiger partial charge is 0.229 e. The van der Waals surface area contributed by atoms with Gasteiger partial charge >= 0.3 is 0 Å². The lowest BCUT2D eigenvalue weighted by Crippen LogP contribution is -2.31. The van der Waals surface area contributed by atoms with Crippen LogP contribution in [0.1, 0.15) is 24.4 Å². The number of likely N-dealkylation sites (N-methyl/N-ethyl adjacent to an activating group) is 1. The molecular formula is C27H29N7S. The van der Waals surface area contributed by atoms with Crippen LogP contribution in [-0.2, 0) is 0 Å². The van der Waals surface area contributed by atoms with E-state index >= 15 is 0 Å². The Morgan fingerprint density at radius 2 is 1.83 bits per heavy atom. The van der Waals surface area contributed by atoms with Gasteiger partial charge in [0.1, 0.15) is 0 Å². The summed E-state index contributed by atoms with van der Waals surface area (Å²) in [5.74, 6) is 1.43. The maximum absolute atomic E-state index is 4.94. The fourth-order valence-corrected chi connectivity index (χ4v) is 5.72. The van der Waals surface area contributed by atoms with Gasteiger partial charge in [0.2, 0.25) is 5.95 Å². The Bertz CT molecular complexity index is 1330. The van der Waals surface area contributed by atoms with E-state index in [1.807, 2.05) is 23.4 Å². The van der Waals surface area contributed by atoms with Gasteiger partial charge in [-0.2, -0.15) is 10.1 Å². The number of hydrogen-bond donors (Lipinski definition) is 1. The second-order valence-corrected chi connectivity index (χ2v) is 10.3. The molecule has 0 spiro atoms. The number of aromatic nitrogens is 2. The van der Waals surface area contributed by atoms with Crippen molar-refractivity contribution in [3.8, 4) is 0 Å². The molecule has 2 aromatic heterocycles. The average molecular weight is 484 g/mol. The molecule has 0 radical (unpaired) electrons. The Morgan fingerprint density at radius 3 is 2.60 bits per heavy atom. The molecule has 2 aliphatic heterocycles. The van der Waals surface area contributed by atoms with Gasteiger partial charge in [0, 0.05) is 43.1 Å². The topological polar surface area (TPSA) is 59.9 Å². The van der Waals surface area contributed by atoms with E-state index in [9.17, 15) is 0 Å². The van der Waals surface area contributed by atoms with Crippen molar-refractivity contribution < 1.29 is 0 Å². The van der Waals surface area contributed by atoms with Gasteiger partial charge in [0.15, 0.2) is 5.82 Å². The van der Waals surface area contributed by atoms with Crippen LogP contribution in [0.2, 0.25) is 0 Å². The van der Waals surface area contributed by atoms with Crippen LogP contribution in [-0.4, -0.2) is 54.3 Å². The van der Waals surface area contributed by atoms with Gasteiger partial charge in [-0.15, -0.1) is 11.3 Å². The molecule has 0 bridgehead atoms. The number of fused-ring (bicyclic) bond motifs is 1. The van der Waals surface area contributed by atoms with Gasteiger partial charge in [0.25, 0.3) is 0 Å². The third kappa shape index (κ3) is 4.35. The van der Waals surface area contributed by atoms with Crippen LogP contribution in [0.25, 0.3) is 10.2 Å². The Labute approximate surface area is 209 Å². The second-order valence-electron chi connectivity index (χ2n) is 9.33. The molecule has 4 aromatic rings. The predicted molar refractivity (Wildman–Crippen MR) is 146 cm³/mol. The summed E-state index contributed by atoms with van der Waals surface area (Å²) in [6.07, 6.45) is 4.04. The highest BCUT2D eigenvalue weighted by molar-refractivity contribution is 7.17. The molecular weight excluding hydrogens is 454 g/mol. The summed E-state index contributed by atoms with van der Waals surface area (Å²) in [7, 11) is 4.32. The molecule has 1 saturated heterocycles. The van der Waals surface area contributed by atoms with Crippen molar-refractivity contribution in [2.45, 2.75) is 24.9 Å². The maximum atomic E-state index is 4.94. The van der Waals surface area contributed by atoms with E-state index < -0.39 is 0 Å². The first-order valence-corrected chi connectivity index (χ1v) is 12.9. The minimum atomic E-state index is 0.134. The summed E-state index contributed by atoms with van der Waals surface area (Å²) in [6, 6.07) is 21.9. The van der Waals surface area contributed by atoms with E-state index in [4.69, 9.17) is 15.1 Å². The van der Waals surface area contributed by atoms with Crippen LogP contribution < -0.4 is 15.2 Å². The van der Waals surface area contributed by atoms with Gasteiger partial charge < -0.3 is 15.1 Å². The number of nitrogens with one attached hydrogen (secondary N) is 1. The summed E-state index contributed by atoms with van der Waals surface area (Å²) in [4.78, 5) is 14.5. The summed E-state index contributed by atoms with van der Waals surface area (Å²) in [5, 5.41) is 12.2. The monoisotopic (exact) mass is 483 g/mol. The lowest BCUT2D eigenvalue weighted by Gasteiger charge is -2.24. The average Bonchev–Trinajstić information content (AvgIpc) is 3.65. The quantitative estimate of drug-likeness (QED) is 0.390. The fourth-order valence-electron chi connectivity index (χ4n) is 4.91. The van der Waals surface area contributed by atoms with Crippen molar-refractivity contribution in [3.63, 3.8) is 0 Å². The van der Waals surface area contributed by atoms with Crippen molar-refractivity contribution in [3.05, 3.63) is 71.6 Å². The first-order valence-electron chi connectivity index (χ1n) is 12.1. The van der Waals surface area contributed by atoms with Crippen LogP contribution in [0.3, 0.4) is 0 Å². The number of hydrazone groups is 1. The standard InChI is InChI=1S/C27H29N7S/c1-32(2)22-13-16-33(18-22)21-10-8-20(9-11-21)29-27-30-23-14-17-35-25(23)26(31-27)34-24(12-15-28-34)19-6-4-3-5-7-19/h3-11,14-15,17,22,24H,12-13,16,18H2,1-2H3,(H,29,30,31)/t22-,24?/m1/s1. The Hall–Kier alpha value is -3.49. The zero-order valence-electron chi connectivity index (χ0n) is 20.0. The van der Waals surface area contributed by atoms with Crippen LogP contribution in [0.5, 0.6) is 0 Å². The molecule has 35 heavy (non-hydrogen) atoms. The Kier molecular flexibility index (Phi) is 5.83. The molecule has 1 fully saturated rings. The van der Waals surface area contributed by atoms with Crippen LogP contribution in [0.4, 0.5) is 23.1 Å². The van der Waals surface area contributed by atoms with Crippen molar-refractivity contribution in [1.82, 2.24) is 14.9 Å². The molecule has 0 aliphatic carbocycles. The highest BCUT2D eigenvalue weighted by Crippen LogP contribution is 2.38. The number of benzene rings is 2. The molecule has 2 atom stereocenters. The number of nitrogens with zero attached hydrogens (tertiary/aromatic N) is 6. The molecule has 2 aromatic carbocycles. The number of thiophene rings is 1. The van der Waals surface area contributed by atoms with Crippen LogP contribution in [0.15, 0.2) is 71.1 Å². The van der Waals surface area contributed by atoms with E-state index in [1.54, 1.807) is 11.3 Å². The van der Waals surface area contributed by atoms with Crippen molar-refractivity contribution in [2.24, 2.45) is 5.10 Å². The van der Waals surface area contributed by atoms with Crippen LogP contribution in [0, 0.1) is 0 Å². The zero-order chi connectivity index (χ0) is 23.8. The summed E-state index contributed by atoms with van der Waals surface area (Å²) in [6.45, 7) is 2.16. The SMILES string of the molecule is CN(C)[C@@H]1CCN(c2ccc(Nc3nc(N4N=CCC4c4ccccc4)c4sccc4n3)cc2)C1. The first-order chi connectivity index (χ1) is 17.2. The molecule has 1 unspecified atom stereocenters. The maximum Gasteiger partial charge on any atom is 0.229 e. The summed E-state index contributed by atoms with van der Waals surface area (Å²) >= 11 is 1.65. The van der Waals surface area contributed by atoms with E-state index in [2.05, 4.69) is 83.1 Å². The minimum absolute atomic E-state index is 0.134. The number of rotatable bonds is 6. The van der Waals surface area contributed by atoms with E-state index in [-0.39, 0.29) is 6.04 Å². The van der Waals surface area contributed by atoms with Crippen LogP contribution >= 0.6 is 11.3 Å². The molecule has 8 heteroatoms. The lowest BCUT2D eigenvalue weighted by molar-refractivity contribution is 0.315. The minimum Gasteiger partial charge on any atom is -0.370 e. The molecule has 6 rings (SSSR count). The molecule has 1 N–H and O–H groups in total. The summed E-state index contributed by atoms with van der Waals surface area (Å²) in [5.41, 5.74) is 4.39. The second kappa shape index (κ2) is 9.28. The van der Waals surface area contributed by atoms with Crippen molar-refractivity contribution in [1.29, 1.82) is 0 Å². The molecule has 2 aliphatic rings. The highest BCUT2D eigenvalue weighted by Gasteiger charge is 2.28. The first kappa shape index (κ1) is 22.0. The van der Waals surface area contributed by atoms with Gasteiger partial charge in [-0.3, -0.25) is 0 Å². The fraction of sp³-hybridized carbons (Fsp3) is 0.296. The van der Waals surface area contributed by atoms with E-state index in [0.717, 1.165) is 41.2 Å². The lowest BCUT2D eigenvalue weighted by atomic mass is 10.0. The number of anilines is 4. The summed E-state index contributed by atoms with van der Waals surface area (Å²) < 4.78 is 1.05. The molecule has 4 heterocycles. The Balaban J connectivity index is 1.25.